The number of fused-ring (bicyclic) bond motifs is 2. The van der Waals surface area contributed by atoms with Crippen LogP contribution in [0, 0.1) is 0 Å². The molecule has 0 aromatic heterocycles. The zero-order valence-corrected chi connectivity index (χ0v) is 13.9. The molecule has 0 aliphatic carbocycles. The number of nitrogens with one attached hydrogen (secondary N) is 1. The van der Waals surface area contributed by atoms with E-state index >= 15 is 0 Å². The van der Waals surface area contributed by atoms with Gasteiger partial charge in [0, 0.05) is 30.7 Å². The fourth-order valence-corrected chi connectivity index (χ4v) is 4.08. The Morgan fingerprint density at radius 3 is 2.86 bits per heavy atom. The van der Waals surface area contributed by atoms with Crippen molar-refractivity contribution in [2.75, 3.05) is 37.0 Å². The number of benzene rings is 1. The minimum Gasteiger partial charge on any atom is -0.384 e. The number of piperidine rings is 1. The van der Waals surface area contributed by atoms with E-state index in [4.69, 9.17) is 0 Å². The van der Waals surface area contributed by atoms with E-state index in [2.05, 4.69) is 29.6 Å². The second-order valence-electron chi connectivity index (χ2n) is 6.30. The van der Waals surface area contributed by atoms with Gasteiger partial charge in [0.15, 0.2) is 0 Å². The van der Waals surface area contributed by atoms with Crippen molar-refractivity contribution in [2.45, 2.75) is 30.8 Å². The third-order valence-corrected chi connectivity index (χ3v) is 5.67. The molecule has 5 heteroatoms. The third kappa shape index (κ3) is 2.84. The van der Waals surface area contributed by atoms with Crippen molar-refractivity contribution in [1.82, 2.24) is 4.90 Å². The minimum absolute atomic E-state index is 0.0943. The standard InChI is InChI=1S/C17H24N2O2S/c1-22-11-6-15(20)16(21)19-9-7-17(8-10-19)12-18-14-5-3-2-4-13(14)17/h2-5,15,18,20H,6-12H2,1H3. The Labute approximate surface area is 136 Å². The summed E-state index contributed by atoms with van der Waals surface area (Å²) in [6.45, 7) is 2.44. The highest BCUT2D eigenvalue weighted by Crippen LogP contribution is 2.43. The van der Waals surface area contributed by atoms with Crippen LogP contribution >= 0.6 is 11.8 Å². The molecule has 1 fully saturated rings. The number of thioether (sulfide) groups is 1. The van der Waals surface area contributed by atoms with Crippen molar-refractivity contribution < 1.29 is 9.90 Å². The van der Waals surface area contributed by atoms with Crippen molar-refractivity contribution in [3.8, 4) is 0 Å². The Morgan fingerprint density at radius 2 is 2.14 bits per heavy atom. The third-order valence-electron chi connectivity index (χ3n) is 5.03. The highest BCUT2D eigenvalue weighted by atomic mass is 32.2. The molecule has 1 amide bonds. The van der Waals surface area contributed by atoms with E-state index in [1.54, 1.807) is 11.8 Å². The maximum atomic E-state index is 12.3. The number of aliphatic hydroxyl groups excluding tert-OH is 1. The number of amides is 1. The van der Waals surface area contributed by atoms with Crippen LogP contribution in [0.15, 0.2) is 24.3 Å². The van der Waals surface area contributed by atoms with Gasteiger partial charge >= 0.3 is 0 Å². The number of carbonyl (C=O) groups excluding carboxylic acids is 1. The number of carbonyl (C=O) groups is 1. The van der Waals surface area contributed by atoms with Crippen LogP contribution in [0.2, 0.25) is 0 Å². The van der Waals surface area contributed by atoms with E-state index in [-0.39, 0.29) is 11.3 Å². The predicted molar refractivity (Wildman–Crippen MR) is 91.4 cm³/mol. The summed E-state index contributed by atoms with van der Waals surface area (Å²) in [6, 6.07) is 8.50. The SMILES string of the molecule is CSCCC(O)C(=O)N1CCC2(CC1)CNc1ccccc12. The molecule has 1 spiro atoms. The first-order valence-corrected chi connectivity index (χ1v) is 9.35. The van der Waals surface area contributed by atoms with E-state index < -0.39 is 6.10 Å². The first-order chi connectivity index (χ1) is 10.7. The number of anilines is 1. The summed E-state index contributed by atoms with van der Waals surface area (Å²) in [5, 5.41) is 13.5. The molecule has 1 unspecified atom stereocenters. The van der Waals surface area contributed by atoms with Crippen molar-refractivity contribution >= 4 is 23.4 Å². The van der Waals surface area contributed by atoms with Crippen LogP contribution in [0.4, 0.5) is 5.69 Å². The van der Waals surface area contributed by atoms with E-state index in [9.17, 15) is 9.90 Å². The first-order valence-electron chi connectivity index (χ1n) is 7.95. The lowest BCUT2D eigenvalue weighted by Gasteiger charge is -2.40. The fourth-order valence-electron chi connectivity index (χ4n) is 3.62. The molecule has 2 heterocycles. The second kappa shape index (κ2) is 6.50. The molecule has 0 radical (unpaired) electrons. The molecule has 4 nitrogen and oxygen atoms in total. The van der Waals surface area contributed by atoms with Crippen LogP contribution < -0.4 is 5.32 Å². The molecule has 3 rings (SSSR count). The largest absolute Gasteiger partial charge is 0.384 e. The summed E-state index contributed by atoms with van der Waals surface area (Å²) < 4.78 is 0. The second-order valence-corrected chi connectivity index (χ2v) is 7.29. The van der Waals surface area contributed by atoms with Gasteiger partial charge in [0.25, 0.3) is 5.91 Å². The lowest BCUT2D eigenvalue weighted by molar-refractivity contribution is -0.141. The Balaban J connectivity index is 1.63. The van der Waals surface area contributed by atoms with Gasteiger partial charge in [-0.05, 0) is 42.9 Å². The Bertz CT molecular complexity index is 541. The van der Waals surface area contributed by atoms with E-state index in [0.717, 1.165) is 38.2 Å². The normalized spacial score (nSPS) is 20.5. The number of para-hydroxylation sites is 1. The molecule has 1 atom stereocenters. The zero-order chi connectivity index (χ0) is 15.6. The highest BCUT2D eigenvalue weighted by molar-refractivity contribution is 7.98. The van der Waals surface area contributed by atoms with Crippen molar-refractivity contribution in [3.63, 3.8) is 0 Å². The van der Waals surface area contributed by atoms with Gasteiger partial charge < -0.3 is 15.3 Å². The quantitative estimate of drug-likeness (QED) is 0.892. The van der Waals surface area contributed by atoms with Crippen molar-refractivity contribution in [2.24, 2.45) is 0 Å². The Hall–Kier alpha value is -1.20. The van der Waals surface area contributed by atoms with Gasteiger partial charge in [-0.3, -0.25) is 4.79 Å². The molecule has 1 saturated heterocycles. The lowest BCUT2D eigenvalue weighted by Crippen LogP contribution is -2.49. The molecule has 2 aliphatic heterocycles. The molecule has 120 valence electrons. The van der Waals surface area contributed by atoms with E-state index in [0.29, 0.717) is 6.42 Å². The smallest absolute Gasteiger partial charge is 0.251 e. The molecule has 2 N–H and O–H groups in total. The summed E-state index contributed by atoms with van der Waals surface area (Å²) in [4.78, 5) is 14.1. The van der Waals surface area contributed by atoms with Crippen molar-refractivity contribution in [1.29, 1.82) is 0 Å². The first kappa shape index (κ1) is 15.7. The molecule has 0 bridgehead atoms. The van der Waals surface area contributed by atoms with Gasteiger partial charge in [-0.1, -0.05) is 18.2 Å². The van der Waals surface area contributed by atoms with Gasteiger partial charge in [0.1, 0.15) is 6.10 Å². The van der Waals surface area contributed by atoms with Crippen LogP contribution in [0.5, 0.6) is 0 Å². The number of hydrogen-bond donors (Lipinski definition) is 2. The summed E-state index contributed by atoms with van der Waals surface area (Å²) in [7, 11) is 0. The Kier molecular flexibility index (Phi) is 4.64. The fraction of sp³-hybridized carbons (Fsp3) is 0.588. The van der Waals surface area contributed by atoms with Gasteiger partial charge in [-0.25, -0.2) is 0 Å². The van der Waals surface area contributed by atoms with E-state index in [1.165, 1.54) is 11.3 Å². The van der Waals surface area contributed by atoms with Crippen LogP contribution in [-0.4, -0.2) is 53.7 Å². The molecule has 22 heavy (non-hydrogen) atoms. The monoisotopic (exact) mass is 320 g/mol. The van der Waals surface area contributed by atoms with Gasteiger partial charge in [-0.2, -0.15) is 11.8 Å². The molecule has 2 aliphatic rings. The Morgan fingerprint density at radius 1 is 1.41 bits per heavy atom. The van der Waals surface area contributed by atoms with Gasteiger partial charge in [-0.15, -0.1) is 0 Å². The highest BCUT2D eigenvalue weighted by Gasteiger charge is 2.42. The molecule has 1 aromatic rings. The number of aliphatic hydroxyl groups is 1. The summed E-state index contributed by atoms with van der Waals surface area (Å²) >= 11 is 1.66. The van der Waals surface area contributed by atoms with Crippen LogP contribution in [0.25, 0.3) is 0 Å². The molecule has 0 saturated carbocycles. The average molecular weight is 320 g/mol. The summed E-state index contributed by atoms with van der Waals surface area (Å²) in [5.41, 5.74) is 2.80. The van der Waals surface area contributed by atoms with Crippen LogP contribution in [0.1, 0.15) is 24.8 Å². The summed E-state index contributed by atoms with van der Waals surface area (Å²) in [5.74, 6) is 0.727. The van der Waals surface area contributed by atoms with Crippen LogP contribution in [0.3, 0.4) is 0 Å². The van der Waals surface area contributed by atoms with Gasteiger partial charge in [0.05, 0.1) is 0 Å². The summed E-state index contributed by atoms with van der Waals surface area (Å²) in [6.07, 6.45) is 3.64. The lowest BCUT2D eigenvalue weighted by atomic mass is 9.74. The number of rotatable bonds is 4. The molecular formula is C17H24N2O2S. The topological polar surface area (TPSA) is 52.6 Å². The van der Waals surface area contributed by atoms with E-state index in [1.807, 2.05) is 11.2 Å². The number of nitrogens with zero attached hydrogens (tertiary/aromatic N) is 1. The maximum absolute atomic E-state index is 12.3. The minimum atomic E-state index is -0.838. The molecular weight excluding hydrogens is 296 g/mol. The van der Waals surface area contributed by atoms with Crippen molar-refractivity contribution in [3.05, 3.63) is 29.8 Å². The van der Waals surface area contributed by atoms with Gasteiger partial charge in [0.2, 0.25) is 0 Å². The zero-order valence-electron chi connectivity index (χ0n) is 13.0. The number of hydrogen-bond acceptors (Lipinski definition) is 4. The number of likely N-dealkylation sites (tertiary alicyclic amines) is 1. The predicted octanol–water partition coefficient (Wildman–Crippen LogP) is 2.09. The van der Waals surface area contributed by atoms with Crippen LogP contribution in [-0.2, 0) is 10.2 Å². The molecule has 1 aromatic carbocycles. The maximum Gasteiger partial charge on any atom is 0.251 e. The average Bonchev–Trinajstić information content (AvgIpc) is 2.92.